The van der Waals surface area contributed by atoms with Crippen molar-refractivity contribution in [2.45, 2.75) is 6.92 Å². The number of nitrogens with zero attached hydrogens (tertiary/aromatic N) is 3. The maximum absolute atomic E-state index is 13.4. The zero-order valence-corrected chi connectivity index (χ0v) is 12.0. The number of nitro benzene ring substituents is 1. The monoisotopic (exact) mass is 314 g/mol. The average molecular weight is 314 g/mol. The highest BCUT2D eigenvalue weighted by molar-refractivity contribution is 6.04. The summed E-state index contributed by atoms with van der Waals surface area (Å²) in [5.41, 5.74) is 1.18. The summed E-state index contributed by atoms with van der Waals surface area (Å²) in [5.74, 6) is -1.03. The van der Waals surface area contributed by atoms with Crippen molar-refractivity contribution in [3.05, 3.63) is 69.9 Å². The number of amides is 1. The molecule has 0 saturated heterocycles. The number of pyridine rings is 1. The Bertz CT molecular complexity index is 936. The fourth-order valence-electron chi connectivity index (χ4n) is 2.30. The Morgan fingerprint density at radius 2 is 2.13 bits per heavy atom. The van der Waals surface area contributed by atoms with E-state index in [4.69, 9.17) is 0 Å². The van der Waals surface area contributed by atoms with Crippen molar-refractivity contribution >= 4 is 22.9 Å². The summed E-state index contributed by atoms with van der Waals surface area (Å²) >= 11 is 0. The van der Waals surface area contributed by atoms with Crippen molar-refractivity contribution in [3.63, 3.8) is 0 Å². The maximum atomic E-state index is 13.4. The fourth-order valence-corrected chi connectivity index (χ4v) is 2.30. The molecule has 2 aromatic heterocycles. The number of halogens is 1. The van der Waals surface area contributed by atoms with E-state index in [0.29, 0.717) is 11.3 Å². The molecule has 2 heterocycles. The van der Waals surface area contributed by atoms with Gasteiger partial charge in [-0.1, -0.05) is 6.07 Å². The minimum atomic E-state index is -0.551. The van der Waals surface area contributed by atoms with Gasteiger partial charge in [-0.2, -0.15) is 0 Å². The zero-order chi connectivity index (χ0) is 16.6. The number of benzene rings is 1. The summed E-state index contributed by atoms with van der Waals surface area (Å²) < 4.78 is 14.7. The molecule has 3 aromatic rings. The third-order valence-electron chi connectivity index (χ3n) is 3.29. The molecule has 116 valence electrons. The standard InChI is InChI=1S/C15H11FN4O3/c1-9-14(19-8-10(16)5-6-13(19)17-9)15(21)18-11-3-2-4-12(7-11)20(22)23/h2-8H,1H3,(H,18,21). The van der Waals surface area contributed by atoms with Crippen molar-refractivity contribution in [2.75, 3.05) is 5.32 Å². The molecule has 1 aromatic carbocycles. The van der Waals surface area contributed by atoms with Crippen LogP contribution in [-0.4, -0.2) is 20.2 Å². The van der Waals surface area contributed by atoms with E-state index in [1.165, 1.54) is 40.8 Å². The molecule has 0 spiro atoms. The molecule has 0 aliphatic rings. The van der Waals surface area contributed by atoms with Crippen LogP contribution in [0.4, 0.5) is 15.8 Å². The van der Waals surface area contributed by atoms with Gasteiger partial charge in [0.05, 0.1) is 10.6 Å². The van der Waals surface area contributed by atoms with Gasteiger partial charge in [-0.15, -0.1) is 0 Å². The number of hydrogen-bond acceptors (Lipinski definition) is 4. The van der Waals surface area contributed by atoms with Gasteiger partial charge in [0.2, 0.25) is 0 Å². The molecule has 1 N–H and O–H groups in total. The zero-order valence-electron chi connectivity index (χ0n) is 12.0. The van der Waals surface area contributed by atoms with Gasteiger partial charge in [0.25, 0.3) is 11.6 Å². The lowest BCUT2D eigenvalue weighted by molar-refractivity contribution is -0.384. The van der Waals surface area contributed by atoms with Crippen LogP contribution in [0.3, 0.4) is 0 Å². The minimum Gasteiger partial charge on any atom is -0.320 e. The molecule has 7 nitrogen and oxygen atoms in total. The largest absolute Gasteiger partial charge is 0.320 e. The van der Waals surface area contributed by atoms with Crippen LogP contribution >= 0.6 is 0 Å². The lowest BCUT2D eigenvalue weighted by Gasteiger charge is -2.06. The van der Waals surface area contributed by atoms with E-state index in [2.05, 4.69) is 10.3 Å². The van der Waals surface area contributed by atoms with Crippen LogP contribution in [-0.2, 0) is 0 Å². The fraction of sp³-hybridized carbons (Fsp3) is 0.0667. The van der Waals surface area contributed by atoms with Gasteiger partial charge in [-0.3, -0.25) is 19.3 Å². The van der Waals surface area contributed by atoms with E-state index in [9.17, 15) is 19.3 Å². The average Bonchev–Trinajstić information content (AvgIpc) is 2.82. The number of aryl methyl sites for hydroxylation is 1. The molecule has 23 heavy (non-hydrogen) atoms. The lowest BCUT2D eigenvalue weighted by Crippen LogP contribution is -2.15. The molecule has 0 bridgehead atoms. The van der Waals surface area contributed by atoms with Crippen LogP contribution in [0.5, 0.6) is 0 Å². The number of anilines is 1. The molecule has 0 aliphatic carbocycles. The SMILES string of the molecule is Cc1nc2ccc(F)cn2c1C(=O)Nc1cccc([N+](=O)[O-])c1. The first-order valence-electron chi connectivity index (χ1n) is 6.66. The van der Waals surface area contributed by atoms with Crippen LogP contribution in [0.1, 0.15) is 16.2 Å². The first-order chi connectivity index (χ1) is 11.0. The first kappa shape index (κ1) is 14.6. The highest BCUT2D eigenvalue weighted by atomic mass is 19.1. The number of nitro groups is 1. The van der Waals surface area contributed by atoms with E-state index in [1.54, 1.807) is 6.92 Å². The molecule has 0 atom stereocenters. The summed E-state index contributed by atoms with van der Waals surface area (Å²) in [6.45, 7) is 1.63. The van der Waals surface area contributed by atoms with Crippen molar-refractivity contribution in [3.8, 4) is 0 Å². The number of carbonyl (C=O) groups is 1. The number of carbonyl (C=O) groups excluding carboxylic acids is 1. The topological polar surface area (TPSA) is 89.5 Å². The highest BCUT2D eigenvalue weighted by Gasteiger charge is 2.18. The van der Waals surface area contributed by atoms with E-state index >= 15 is 0 Å². The van der Waals surface area contributed by atoms with Gasteiger partial charge in [0, 0.05) is 24.0 Å². The van der Waals surface area contributed by atoms with Gasteiger partial charge in [0.1, 0.15) is 17.2 Å². The van der Waals surface area contributed by atoms with E-state index in [1.807, 2.05) is 0 Å². The van der Waals surface area contributed by atoms with Crippen LogP contribution in [0.25, 0.3) is 5.65 Å². The normalized spacial score (nSPS) is 10.7. The maximum Gasteiger partial charge on any atom is 0.274 e. The Balaban J connectivity index is 1.98. The Kier molecular flexibility index (Phi) is 3.49. The van der Waals surface area contributed by atoms with Crippen LogP contribution in [0, 0.1) is 22.9 Å². The van der Waals surface area contributed by atoms with E-state index in [-0.39, 0.29) is 17.1 Å². The number of nitrogens with one attached hydrogen (secondary N) is 1. The van der Waals surface area contributed by atoms with E-state index < -0.39 is 16.6 Å². The second-order valence-electron chi connectivity index (χ2n) is 4.88. The van der Waals surface area contributed by atoms with Gasteiger partial charge in [-0.25, -0.2) is 9.37 Å². The number of aromatic nitrogens is 2. The van der Waals surface area contributed by atoms with Gasteiger partial charge in [0.15, 0.2) is 0 Å². The van der Waals surface area contributed by atoms with Gasteiger partial charge in [-0.05, 0) is 25.1 Å². The smallest absolute Gasteiger partial charge is 0.274 e. The highest BCUT2D eigenvalue weighted by Crippen LogP contribution is 2.19. The third kappa shape index (κ3) is 2.73. The number of rotatable bonds is 3. The Morgan fingerprint density at radius 1 is 1.35 bits per heavy atom. The third-order valence-corrected chi connectivity index (χ3v) is 3.29. The number of fused-ring (bicyclic) bond motifs is 1. The van der Waals surface area contributed by atoms with Crippen LogP contribution in [0.2, 0.25) is 0 Å². The van der Waals surface area contributed by atoms with Crippen molar-refractivity contribution in [1.29, 1.82) is 0 Å². The predicted octanol–water partition coefficient (Wildman–Crippen LogP) is 2.94. The van der Waals surface area contributed by atoms with E-state index in [0.717, 1.165) is 6.20 Å². The molecule has 3 rings (SSSR count). The first-order valence-corrected chi connectivity index (χ1v) is 6.66. The number of hydrogen-bond donors (Lipinski definition) is 1. The molecular formula is C15H11FN4O3. The van der Waals surface area contributed by atoms with Crippen molar-refractivity contribution in [1.82, 2.24) is 9.38 Å². The molecule has 0 saturated carbocycles. The second kappa shape index (κ2) is 5.48. The van der Waals surface area contributed by atoms with Crippen LogP contribution in [0.15, 0.2) is 42.6 Å². The van der Waals surface area contributed by atoms with Gasteiger partial charge < -0.3 is 5.32 Å². The minimum absolute atomic E-state index is 0.135. The molecule has 1 amide bonds. The van der Waals surface area contributed by atoms with Crippen molar-refractivity contribution < 1.29 is 14.1 Å². The van der Waals surface area contributed by atoms with Gasteiger partial charge >= 0.3 is 0 Å². The summed E-state index contributed by atoms with van der Waals surface area (Å²) in [6, 6.07) is 8.29. The Morgan fingerprint density at radius 3 is 2.87 bits per heavy atom. The Labute approximate surface area is 129 Å². The summed E-state index contributed by atoms with van der Waals surface area (Å²) in [7, 11) is 0. The molecule has 0 radical (unpaired) electrons. The quantitative estimate of drug-likeness (QED) is 0.594. The lowest BCUT2D eigenvalue weighted by atomic mass is 10.2. The van der Waals surface area contributed by atoms with Crippen molar-refractivity contribution in [2.24, 2.45) is 0 Å². The Hall–Kier alpha value is -3.29. The molecule has 8 heteroatoms. The number of non-ortho nitro benzene ring substituents is 1. The molecular weight excluding hydrogens is 303 g/mol. The molecule has 0 aliphatic heterocycles. The van der Waals surface area contributed by atoms with Crippen LogP contribution < -0.4 is 5.32 Å². The summed E-state index contributed by atoms with van der Waals surface area (Å²) in [5, 5.41) is 13.3. The molecule has 0 unspecified atom stereocenters. The summed E-state index contributed by atoms with van der Waals surface area (Å²) in [6.07, 6.45) is 1.16. The number of imidazole rings is 1. The summed E-state index contributed by atoms with van der Waals surface area (Å²) in [4.78, 5) is 26.8. The molecule has 0 fully saturated rings. The predicted molar refractivity (Wildman–Crippen MR) is 80.9 cm³/mol. The second-order valence-corrected chi connectivity index (χ2v) is 4.88.